The van der Waals surface area contributed by atoms with Crippen LogP contribution in [0.4, 0.5) is 4.79 Å². The molecule has 4 aliphatic rings. The molecule has 3 amide bonds. The number of carboxylic acids is 1. The van der Waals surface area contributed by atoms with Gasteiger partial charge in [-0.05, 0) is 43.9 Å². The van der Waals surface area contributed by atoms with E-state index in [0.29, 0.717) is 56.1 Å². The third-order valence-corrected chi connectivity index (χ3v) is 6.57. The van der Waals surface area contributed by atoms with E-state index in [0.717, 1.165) is 38.9 Å². The molecule has 4 fully saturated rings. The van der Waals surface area contributed by atoms with Crippen molar-refractivity contribution in [1.29, 1.82) is 0 Å². The fourth-order valence-electron chi connectivity index (χ4n) is 5.28. The highest BCUT2D eigenvalue weighted by Crippen LogP contribution is 2.38. The van der Waals surface area contributed by atoms with Gasteiger partial charge in [-0.25, -0.2) is 4.79 Å². The minimum atomic E-state index is -0.748. The van der Waals surface area contributed by atoms with Gasteiger partial charge in [-0.3, -0.25) is 9.59 Å². The number of carboxylic acid groups (broad SMARTS) is 1. The number of hydrogen-bond donors (Lipinski definition) is 1. The van der Waals surface area contributed by atoms with E-state index in [-0.39, 0.29) is 11.9 Å². The Morgan fingerprint density at radius 2 is 1.76 bits per heavy atom. The molecule has 138 valence electrons. The standard InChI is InChI=1S/C18H27N3O4/c22-16-3-1-2-15-14-8-12(10-21(15)16)9-20(11-14)18(25)19-6-4-13(5-7-19)17(23)24/h12-15H,1-11H2,(H,23,24)/t12-,14+,15-/m1/s1. The van der Waals surface area contributed by atoms with E-state index in [2.05, 4.69) is 4.90 Å². The van der Waals surface area contributed by atoms with E-state index in [1.807, 2.05) is 9.80 Å². The molecule has 1 N–H and O–H groups in total. The molecule has 7 heteroatoms. The second-order valence-corrected chi connectivity index (χ2v) is 8.15. The number of aliphatic carboxylic acids is 1. The van der Waals surface area contributed by atoms with Crippen molar-refractivity contribution in [1.82, 2.24) is 14.7 Å². The van der Waals surface area contributed by atoms with Crippen LogP contribution in [-0.4, -0.2) is 76.5 Å². The summed E-state index contributed by atoms with van der Waals surface area (Å²) in [5.74, 6) is 0.0181. The summed E-state index contributed by atoms with van der Waals surface area (Å²) < 4.78 is 0. The number of piperidine rings is 4. The number of fused-ring (bicyclic) bond motifs is 4. The highest BCUT2D eigenvalue weighted by Gasteiger charge is 2.45. The molecule has 7 nitrogen and oxygen atoms in total. The van der Waals surface area contributed by atoms with Gasteiger partial charge >= 0.3 is 12.0 Å². The SMILES string of the molecule is O=C(O)C1CCN(C(=O)N2C[C@H]3C[C@@H](C2)[C@H]2CCCC(=O)N2C3)CC1. The summed E-state index contributed by atoms with van der Waals surface area (Å²) in [5, 5.41) is 9.11. The third kappa shape index (κ3) is 3.09. The van der Waals surface area contributed by atoms with Gasteiger partial charge in [-0.15, -0.1) is 0 Å². The summed E-state index contributed by atoms with van der Waals surface area (Å²) in [5.41, 5.74) is 0. The fourth-order valence-corrected chi connectivity index (χ4v) is 5.28. The maximum absolute atomic E-state index is 12.9. The van der Waals surface area contributed by atoms with E-state index in [1.165, 1.54) is 0 Å². The zero-order valence-corrected chi connectivity index (χ0v) is 14.6. The average Bonchev–Trinajstić information content (AvgIpc) is 2.62. The van der Waals surface area contributed by atoms with Gasteiger partial charge in [0.2, 0.25) is 5.91 Å². The summed E-state index contributed by atoms with van der Waals surface area (Å²) >= 11 is 0. The predicted molar refractivity (Wildman–Crippen MR) is 89.9 cm³/mol. The number of likely N-dealkylation sites (tertiary alicyclic amines) is 2. The van der Waals surface area contributed by atoms with Crippen molar-refractivity contribution >= 4 is 17.9 Å². The Balaban J connectivity index is 1.39. The van der Waals surface area contributed by atoms with Crippen molar-refractivity contribution in [2.45, 2.75) is 44.6 Å². The van der Waals surface area contributed by atoms with Crippen LogP contribution in [0.3, 0.4) is 0 Å². The number of carbonyl (C=O) groups excluding carboxylic acids is 2. The van der Waals surface area contributed by atoms with E-state index in [9.17, 15) is 14.4 Å². The lowest BCUT2D eigenvalue weighted by Crippen LogP contribution is -2.62. The number of rotatable bonds is 1. The maximum atomic E-state index is 12.9. The van der Waals surface area contributed by atoms with Crippen LogP contribution in [0.25, 0.3) is 0 Å². The minimum absolute atomic E-state index is 0.0640. The summed E-state index contributed by atoms with van der Waals surface area (Å²) in [6, 6.07) is 0.375. The van der Waals surface area contributed by atoms with Crippen molar-refractivity contribution < 1.29 is 19.5 Å². The Labute approximate surface area is 147 Å². The van der Waals surface area contributed by atoms with Gasteiger partial charge in [-0.2, -0.15) is 0 Å². The van der Waals surface area contributed by atoms with Crippen LogP contribution in [0.15, 0.2) is 0 Å². The van der Waals surface area contributed by atoms with E-state index >= 15 is 0 Å². The van der Waals surface area contributed by atoms with Gasteiger partial charge in [0.05, 0.1) is 5.92 Å². The lowest BCUT2D eigenvalue weighted by molar-refractivity contribution is -0.145. The zero-order valence-electron chi connectivity index (χ0n) is 14.6. The van der Waals surface area contributed by atoms with Crippen molar-refractivity contribution in [2.24, 2.45) is 17.8 Å². The first-order valence-corrected chi connectivity index (χ1v) is 9.59. The van der Waals surface area contributed by atoms with Crippen molar-refractivity contribution in [3.63, 3.8) is 0 Å². The lowest BCUT2D eigenvalue weighted by atomic mass is 9.76. The number of nitrogens with zero attached hydrogens (tertiary/aromatic N) is 3. The fraction of sp³-hybridized carbons (Fsp3) is 0.833. The van der Waals surface area contributed by atoms with E-state index < -0.39 is 5.97 Å². The number of carbonyl (C=O) groups is 3. The predicted octanol–water partition coefficient (Wildman–Crippen LogP) is 1.24. The molecule has 0 aromatic heterocycles. The summed E-state index contributed by atoms with van der Waals surface area (Å²) in [6.07, 6.45) is 4.93. The van der Waals surface area contributed by atoms with Crippen LogP contribution in [-0.2, 0) is 9.59 Å². The first kappa shape index (κ1) is 16.7. The molecule has 2 bridgehead atoms. The Kier molecular flexibility index (Phi) is 4.33. The molecule has 0 aromatic carbocycles. The van der Waals surface area contributed by atoms with E-state index in [4.69, 9.17) is 5.11 Å². The summed E-state index contributed by atoms with van der Waals surface area (Å²) in [6.45, 7) is 3.34. The Morgan fingerprint density at radius 1 is 1.00 bits per heavy atom. The second-order valence-electron chi connectivity index (χ2n) is 8.15. The monoisotopic (exact) mass is 349 g/mol. The van der Waals surface area contributed by atoms with Crippen LogP contribution in [0, 0.1) is 17.8 Å². The highest BCUT2D eigenvalue weighted by molar-refractivity contribution is 5.78. The Hall–Kier alpha value is -1.79. The molecule has 4 saturated heterocycles. The molecule has 0 spiro atoms. The van der Waals surface area contributed by atoms with Crippen LogP contribution in [0.5, 0.6) is 0 Å². The molecule has 4 rings (SSSR count). The van der Waals surface area contributed by atoms with Crippen molar-refractivity contribution in [2.75, 3.05) is 32.7 Å². The molecular weight excluding hydrogens is 322 g/mol. The van der Waals surface area contributed by atoms with Gasteiger partial charge < -0.3 is 19.8 Å². The topological polar surface area (TPSA) is 81.2 Å². The molecule has 0 aliphatic carbocycles. The van der Waals surface area contributed by atoms with Crippen LogP contribution >= 0.6 is 0 Å². The zero-order chi connectivity index (χ0) is 17.6. The smallest absolute Gasteiger partial charge is 0.320 e. The third-order valence-electron chi connectivity index (χ3n) is 6.57. The normalized spacial score (nSPS) is 33.2. The van der Waals surface area contributed by atoms with Crippen molar-refractivity contribution in [3.8, 4) is 0 Å². The molecule has 0 aromatic rings. The van der Waals surface area contributed by atoms with Crippen LogP contribution in [0.1, 0.15) is 38.5 Å². The molecule has 0 saturated carbocycles. The van der Waals surface area contributed by atoms with Gasteiger partial charge in [-0.1, -0.05) is 0 Å². The molecule has 25 heavy (non-hydrogen) atoms. The Morgan fingerprint density at radius 3 is 2.48 bits per heavy atom. The van der Waals surface area contributed by atoms with E-state index in [1.54, 1.807) is 0 Å². The van der Waals surface area contributed by atoms with Gasteiger partial charge in [0.15, 0.2) is 0 Å². The maximum Gasteiger partial charge on any atom is 0.320 e. The number of hydrogen-bond acceptors (Lipinski definition) is 3. The number of amides is 3. The molecular formula is C18H27N3O4. The largest absolute Gasteiger partial charge is 0.481 e. The molecule has 0 unspecified atom stereocenters. The van der Waals surface area contributed by atoms with Crippen LogP contribution < -0.4 is 0 Å². The molecule has 0 radical (unpaired) electrons. The number of urea groups is 1. The lowest BCUT2D eigenvalue weighted by Gasteiger charge is -2.52. The van der Waals surface area contributed by atoms with Gasteiger partial charge in [0, 0.05) is 45.2 Å². The van der Waals surface area contributed by atoms with Crippen LogP contribution in [0.2, 0.25) is 0 Å². The van der Waals surface area contributed by atoms with Gasteiger partial charge in [0.25, 0.3) is 0 Å². The first-order chi connectivity index (χ1) is 12.0. The minimum Gasteiger partial charge on any atom is -0.481 e. The second kappa shape index (κ2) is 6.50. The molecule has 4 aliphatic heterocycles. The molecule has 4 heterocycles. The molecule has 3 atom stereocenters. The average molecular weight is 349 g/mol. The van der Waals surface area contributed by atoms with Gasteiger partial charge in [0.1, 0.15) is 0 Å². The summed E-state index contributed by atoms with van der Waals surface area (Å²) in [4.78, 5) is 42.1. The highest BCUT2D eigenvalue weighted by atomic mass is 16.4. The first-order valence-electron chi connectivity index (χ1n) is 9.59. The Bertz CT molecular complexity index is 573. The summed E-state index contributed by atoms with van der Waals surface area (Å²) in [7, 11) is 0. The quantitative estimate of drug-likeness (QED) is 0.772. The van der Waals surface area contributed by atoms with Crippen molar-refractivity contribution in [3.05, 3.63) is 0 Å².